The molecule has 0 saturated heterocycles. The molecule has 0 unspecified atom stereocenters. The predicted molar refractivity (Wildman–Crippen MR) is 68.0 cm³/mol. The molecule has 0 fully saturated rings. The number of thiophene rings is 1. The first-order valence-electron chi connectivity index (χ1n) is 4.92. The number of hydrogen-bond donors (Lipinski definition) is 0. The lowest BCUT2D eigenvalue weighted by Gasteiger charge is -2.11. The average Bonchev–Trinajstić information content (AvgIpc) is 2.52. The fourth-order valence-corrected chi connectivity index (χ4v) is 3.87. The highest BCUT2D eigenvalue weighted by Crippen LogP contribution is 2.14. The van der Waals surface area contributed by atoms with Crippen molar-refractivity contribution in [2.45, 2.75) is 26.6 Å². The van der Waals surface area contributed by atoms with Crippen molar-refractivity contribution >= 4 is 30.0 Å². The Labute approximate surface area is 91.4 Å². The van der Waals surface area contributed by atoms with Gasteiger partial charge in [-0.05, 0) is 23.6 Å². The summed E-state index contributed by atoms with van der Waals surface area (Å²) in [4.78, 5) is 1.29. The summed E-state index contributed by atoms with van der Waals surface area (Å²) in [6.45, 7) is 9.84. The van der Waals surface area contributed by atoms with Crippen molar-refractivity contribution in [3.63, 3.8) is 0 Å². The van der Waals surface area contributed by atoms with E-state index in [2.05, 4.69) is 31.8 Å². The highest BCUT2D eigenvalue weighted by Gasteiger charge is 2.17. The zero-order valence-corrected chi connectivity index (χ0v) is 11.1. The molecule has 1 rings (SSSR count). The van der Waals surface area contributed by atoms with Crippen LogP contribution in [0.2, 0.25) is 19.6 Å². The van der Waals surface area contributed by atoms with Crippen molar-refractivity contribution in [2.24, 2.45) is 0 Å². The van der Waals surface area contributed by atoms with Crippen molar-refractivity contribution in [3.05, 3.63) is 23.3 Å². The van der Waals surface area contributed by atoms with Crippen molar-refractivity contribution in [3.8, 4) is 0 Å². The maximum absolute atomic E-state index is 5.17. The van der Waals surface area contributed by atoms with E-state index in [1.54, 1.807) is 10.8 Å². The van der Waals surface area contributed by atoms with Crippen molar-refractivity contribution in [2.75, 3.05) is 6.61 Å². The molecular weight excluding hydrogens is 208 g/mol. The quantitative estimate of drug-likeness (QED) is 0.565. The molecule has 78 valence electrons. The summed E-state index contributed by atoms with van der Waals surface area (Å²) < 4.78 is 6.72. The summed E-state index contributed by atoms with van der Waals surface area (Å²) in [6.07, 6.45) is 3.82. The summed E-state index contributed by atoms with van der Waals surface area (Å²) in [5.74, 6) is 0. The van der Waals surface area contributed by atoms with E-state index in [0.29, 0.717) is 0 Å². The highest BCUT2D eigenvalue weighted by atomic mass is 32.1. The van der Waals surface area contributed by atoms with Crippen LogP contribution in [0.25, 0.3) is 6.08 Å². The fourth-order valence-electron chi connectivity index (χ4n) is 1.06. The monoisotopic (exact) mass is 226 g/mol. The van der Waals surface area contributed by atoms with Crippen LogP contribution in [0.1, 0.15) is 11.8 Å². The lowest BCUT2D eigenvalue weighted by atomic mass is 10.5. The topological polar surface area (TPSA) is 9.23 Å². The lowest BCUT2D eigenvalue weighted by Crippen LogP contribution is -2.34. The Bertz CT molecular complexity index is 309. The van der Waals surface area contributed by atoms with E-state index in [0.717, 1.165) is 6.61 Å². The molecule has 1 nitrogen and oxygen atoms in total. The molecule has 3 heteroatoms. The summed E-state index contributed by atoms with van der Waals surface area (Å²) >= 11 is 1.89. The van der Waals surface area contributed by atoms with E-state index in [9.17, 15) is 0 Å². The molecule has 0 aliphatic carbocycles. The van der Waals surface area contributed by atoms with E-state index in [1.165, 1.54) is 4.88 Å². The van der Waals surface area contributed by atoms with Gasteiger partial charge in [-0.1, -0.05) is 25.7 Å². The van der Waals surface area contributed by atoms with Crippen LogP contribution in [0.4, 0.5) is 0 Å². The Hall–Kier alpha value is -0.543. The standard InChI is InChI=1S/C11H18OSSi/c1-5-12-9-8-10-6-7-11(13-10)14(2,3)4/h6-9H,5H2,1-4H3. The Kier molecular flexibility index (Phi) is 3.95. The third-order valence-electron chi connectivity index (χ3n) is 1.86. The largest absolute Gasteiger partial charge is 0.501 e. The van der Waals surface area contributed by atoms with E-state index >= 15 is 0 Å². The minimum Gasteiger partial charge on any atom is -0.501 e. The molecule has 0 atom stereocenters. The molecule has 0 amide bonds. The molecular formula is C11H18OSSi. The van der Waals surface area contributed by atoms with E-state index in [1.807, 2.05) is 24.3 Å². The van der Waals surface area contributed by atoms with Gasteiger partial charge in [0.05, 0.1) is 20.9 Å². The molecule has 1 heterocycles. The molecule has 0 aliphatic rings. The third kappa shape index (κ3) is 3.31. The van der Waals surface area contributed by atoms with Gasteiger partial charge in [0, 0.05) is 4.88 Å². The van der Waals surface area contributed by atoms with Crippen molar-refractivity contribution in [1.82, 2.24) is 0 Å². The molecule has 0 saturated carbocycles. The molecule has 1 aromatic rings. The van der Waals surface area contributed by atoms with Gasteiger partial charge in [0.15, 0.2) is 0 Å². The second kappa shape index (κ2) is 4.80. The fraction of sp³-hybridized carbons (Fsp3) is 0.455. The smallest absolute Gasteiger partial charge is 0.0904 e. The number of ether oxygens (including phenoxy) is 1. The molecule has 0 aromatic carbocycles. The van der Waals surface area contributed by atoms with Crippen LogP contribution in [0.15, 0.2) is 18.4 Å². The normalized spacial score (nSPS) is 12.3. The van der Waals surface area contributed by atoms with Gasteiger partial charge >= 0.3 is 0 Å². The van der Waals surface area contributed by atoms with Crippen LogP contribution in [0, 0.1) is 0 Å². The van der Waals surface area contributed by atoms with Crippen LogP contribution < -0.4 is 4.50 Å². The average molecular weight is 226 g/mol. The summed E-state index contributed by atoms with van der Waals surface area (Å²) in [6, 6.07) is 4.43. The molecule has 1 aromatic heterocycles. The predicted octanol–water partition coefficient (Wildman–Crippen LogP) is 3.30. The molecule has 0 N–H and O–H groups in total. The Morgan fingerprint density at radius 2 is 2.07 bits per heavy atom. The first kappa shape index (κ1) is 11.5. The molecule has 0 radical (unpaired) electrons. The molecule has 14 heavy (non-hydrogen) atoms. The maximum Gasteiger partial charge on any atom is 0.0904 e. The summed E-state index contributed by atoms with van der Waals surface area (Å²) in [7, 11) is -1.12. The Balaban J connectivity index is 2.69. The first-order chi connectivity index (χ1) is 6.54. The molecule has 0 bridgehead atoms. The van der Waals surface area contributed by atoms with Gasteiger partial charge < -0.3 is 4.74 Å². The van der Waals surface area contributed by atoms with Crippen molar-refractivity contribution in [1.29, 1.82) is 0 Å². The van der Waals surface area contributed by atoms with Gasteiger partial charge in [-0.15, -0.1) is 11.3 Å². The summed E-state index contributed by atoms with van der Waals surface area (Å²) in [5.41, 5.74) is 0. The van der Waals surface area contributed by atoms with Gasteiger partial charge in [-0.3, -0.25) is 0 Å². The van der Waals surface area contributed by atoms with Gasteiger partial charge in [0.1, 0.15) is 0 Å². The molecule has 0 spiro atoms. The maximum atomic E-state index is 5.17. The SMILES string of the molecule is CCOC=Cc1ccc([Si](C)(C)C)s1. The van der Waals surface area contributed by atoms with E-state index in [4.69, 9.17) is 4.74 Å². The van der Waals surface area contributed by atoms with E-state index < -0.39 is 8.07 Å². The zero-order chi connectivity index (χ0) is 10.6. The van der Waals surface area contributed by atoms with Gasteiger partial charge in [-0.2, -0.15) is 0 Å². The van der Waals surface area contributed by atoms with Gasteiger partial charge in [-0.25, -0.2) is 0 Å². The van der Waals surface area contributed by atoms with Crippen LogP contribution in [0.5, 0.6) is 0 Å². The minimum absolute atomic E-state index is 0.739. The van der Waals surface area contributed by atoms with Crippen LogP contribution in [-0.2, 0) is 4.74 Å². The lowest BCUT2D eigenvalue weighted by molar-refractivity contribution is 0.272. The number of hydrogen-bond acceptors (Lipinski definition) is 2. The Morgan fingerprint density at radius 1 is 1.36 bits per heavy atom. The van der Waals surface area contributed by atoms with Crippen molar-refractivity contribution < 1.29 is 4.74 Å². The highest BCUT2D eigenvalue weighted by molar-refractivity contribution is 7.27. The summed E-state index contributed by atoms with van der Waals surface area (Å²) in [5, 5.41) is 0. The first-order valence-corrected chi connectivity index (χ1v) is 9.24. The van der Waals surface area contributed by atoms with Crippen LogP contribution >= 0.6 is 11.3 Å². The Morgan fingerprint density at radius 3 is 2.57 bits per heavy atom. The second-order valence-corrected chi connectivity index (χ2v) is 10.7. The van der Waals surface area contributed by atoms with Gasteiger partial charge in [0.2, 0.25) is 0 Å². The van der Waals surface area contributed by atoms with Crippen LogP contribution in [-0.4, -0.2) is 14.7 Å². The second-order valence-electron chi connectivity index (χ2n) is 4.21. The minimum atomic E-state index is -1.12. The molecule has 0 aliphatic heterocycles. The van der Waals surface area contributed by atoms with E-state index in [-0.39, 0.29) is 0 Å². The zero-order valence-electron chi connectivity index (χ0n) is 9.33. The van der Waals surface area contributed by atoms with Crippen LogP contribution in [0.3, 0.4) is 0 Å². The third-order valence-corrected chi connectivity index (χ3v) is 6.51. The van der Waals surface area contributed by atoms with Gasteiger partial charge in [0.25, 0.3) is 0 Å². The number of rotatable bonds is 4.